The Morgan fingerprint density at radius 2 is 2.22 bits per heavy atom. The average Bonchev–Trinajstić information content (AvgIpc) is 3.13. The zero-order valence-corrected chi connectivity index (χ0v) is 15.3. The van der Waals surface area contributed by atoms with Crippen LogP contribution in [0.2, 0.25) is 0 Å². The first kappa shape index (κ1) is 18.6. The first-order valence-corrected chi connectivity index (χ1v) is 8.70. The number of benzene rings is 1. The molecule has 2 amide bonds. The molecule has 3 rings (SSSR count). The predicted octanol–water partition coefficient (Wildman–Crippen LogP) is 1.35. The van der Waals surface area contributed by atoms with Gasteiger partial charge in [0.15, 0.2) is 0 Å². The lowest BCUT2D eigenvalue weighted by molar-refractivity contribution is 0.0638. The molecule has 0 saturated heterocycles. The van der Waals surface area contributed by atoms with E-state index < -0.39 is 0 Å². The molecule has 0 unspecified atom stereocenters. The Kier molecular flexibility index (Phi) is 5.52. The average molecular weight is 367 g/mol. The van der Waals surface area contributed by atoms with E-state index in [1.54, 1.807) is 42.5 Å². The minimum atomic E-state index is -0.280. The van der Waals surface area contributed by atoms with Crippen molar-refractivity contribution in [2.75, 3.05) is 26.8 Å². The van der Waals surface area contributed by atoms with Crippen molar-refractivity contribution in [3.05, 3.63) is 53.1 Å². The number of imidazole rings is 1. The predicted molar refractivity (Wildman–Crippen MR) is 97.0 cm³/mol. The van der Waals surface area contributed by atoms with E-state index in [9.17, 15) is 9.59 Å². The number of hydrogen-bond acceptors (Lipinski definition) is 5. The third-order valence-corrected chi connectivity index (χ3v) is 4.55. The second kappa shape index (κ2) is 8.01. The van der Waals surface area contributed by atoms with E-state index in [4.69, 9.17) is 10.00 Å². The number of nitrogens with zero attached hydrogens (tertiary/aromatic N) is 4. The Balaban J connectivity index is 1.77. The number of rotatable bonds is 5. The largest absolute Gasteiger partial charge is 0.383 e. The van der Waals surface area contributed by atoms with Crippen LogP contribution in [-0.4, -0.2) is 53.1 Å². The van der Waals surface area contributed by atoms with Crippen molar-refractivity contribution in [2.45, 2.75) is 19.5 Å². The highest BCUT2D eigenvalue weighted by Gasteiger charge is 2.31. The summed E-state index contributed by atoms with van der Waals surface area (Å²) in [6.07, 6.45) is 1.71. The molecule has 1 aliphatic heterocycles. The molecule has 1 aromatic heterocycles. The molecule has 1 aromatic carbocycles. The van der Waals surface area contributed by atoms with Gasteiger partial charge in [-0.05, 0) is 25.1 Å². The van der Waals surface area contributed by atoms with Crippen molar-refractivity contribution in [3.8, 4) is 6.07 Å². The summed E-state index contributed by atoms with van der Waals surface area (Å²) in [5, 5.41) is 11.8. The highest BCUT2D eigenvalue weighted by Crippen LogP contribution is 2.26. The molecule has 8 nitrogen and oxygen atoms in total. The molecule has 2 heterocycles. The fourth-order valence-corrected chi connectivity index (χ4v) is 3.12. The first-order valence-electron chi connectivity index (χ1n) is 8.70. The van der Waals surface area contributed by atoms with Crippen LogP contribution in [0.3, 0.4) is 0 Å². The zero-order chi connectivity index (χ0) is 19.4. The third-order valence-electron chi connectivity index (χ3n) is 4.55. The molecule has 27 heavy (non-hydrogen) atoms. The normalized spacial score (nSPS) is 15.7. The van der Waals surface area contributed by atoms with Gasteiger partial charge in [0.25, 0.3) is 11.8 Å². The molecule has 8 heteroatoms. The number of methoxy groups -OCH3 is 1. The van der Waals surface area contributed by atoms with Gasteiger partial charge in [0.05, 0.1) is 24.3 Å². The van der Waals surface area contributed by atoms with Crippen LogP contribution in [0.1, 0.15) is 45.2 Å². The van der Waals surface area contributed by atoms with Crippen LogP contribution in [0.15, 0.2) is 30.5 Å². The Labute approximate surface area is 157 Å². The van der Waals surface area contributed by atoms with Gasteiger partial charge in [0.1, 0.15) is 11.5 Å². The molecular weight excluding hydrogens is 346 g/mol. The van der Waals surface area contributed by atoms with Gasteiger partial charge in [-0.25, -0.2) is 4.98 Å². The van der Waals surface area contributed by atoms with E-state index >= 15 is 0 Å². The molecule has 0 aliphatic carbocycles. The Bertz CT molecular complexity index is 899. The molecule has 1 N–H and O–H groups in total. The third kappa shape index (κ3) is 3.83. The molecule has 0 fully saturated rings. The fraction of sp³-hybridized carbons (Fsp3) is 0.368. The van der Waals surface area contributed by atoms with Crippen molar-refractivity contribution < 1.29 is 14.3 Å². The van der Waals surface area contributed by atoms with Crippen molar-refractivity contribution in [1.82, 2.24) is 19.8 Å². The van der Waals surface area contributed by atoms with Gasteiger partial charge in [-0.1, -0.05) is 6.07 Å². The standard InChI is InChI=1S/C19H21N5O3/c1-13-17-22-16(18(25)21-6-9-27-2)12-23(17)7-8-24(13)19(26)15-5-3-4-14(10-15)11-20/h3-5,10,12-13H,6-9H2,1-2H3,(H,21,25)/t13-/m0/s1. The van der Waals surface area contributed by atoms with Gasteiger partial charge in [-0.15, -0.1) is 0 Å². The highest BCUT2D eigenvalue weighted by atomic mass is 16.5. The monoisotopic (exact) mass is 367 g/mol. The van der Waals surface area contributed by atoms with Gasteiger partial charge < -0.3 is 19.5 Å². The first-order chi connectivity index (χ1) is 13.0. The number of amides is 2. The van der Waals surface area contributed by atoms with Gasteiger partial charge in [0.2, 0.25) is 0 Å². The van der Waals surface area contributed by atoms with Gasteiger partial charge in [0, 0.05) is 38.5 Å². The molecule has 140 valence electrons. The van der Waals surface area contributed by atoms with E-state index in [-0.39, 0.29) is 17.9 Å². The topological polar surface area (TPSA) is 100 Å². The molecule has 2 aromatic rings. The summed E-state index contributed by atoms with van der Waals surface area (Å²) in [5.41, 5.74) is 1.24. The Hall–Kier alpha value is -3.18. The van der Waals surface area contributed by atoms with Crippen LogP contribution in [-0.2, 0) is 11.3 Å². The van der Waals surface area contributed by atoms with E-state index in [0.717, 1.165) is 0 Å². The summed E-state index contributed by atoms with van der Waals surface area (Å²) in [4.78, 5) is 31.2. The minimum Gasteiger partial charge on any atom is -0.383 e. The maximum Gasteiger partial charge on any atom is 0.271 e. The molecular formula is C19H21N5O3. The summed E-state index contributed by atoms with van der Waals surface area (Å²) in [6, 6.07) is 8.42. The Morgan fingerprint density at radius 3 is 2.96 bits per heavy atom. The lowest BCUT2D eigenvalue weighted by Crippen LogP contribution is -2.41. The number of hydrogen-bond donors (Lipinski definition) is 1. The number of carbonyl (C=O) groups is 2. The number of nitriles is 1. The maximum absolute atomic E-state index is 12.9. The lowest BCUT2D eigenvalue weighted by Gasteiger charge is -2.33. The molecule has 0 bridgehead atoms. The summed E-state index contributed by atoms with van der Waals surface area (Å²) in [7, 11) is 1.57. The number of nitrogens with one attached hydrogen (secondary N) is 1. The summed E-state index contributed by atoms with van der Waals surface area (Å²) in [5.74, 6) is 0.253. The van der Waals surface area contributed by atoms with Crippen LogP contribution < -0.4 is 5.32 Å². The number of ether oxygens (including phenoxy) is 1. The van der Waals surface area contributed by atoms with E-state index in [1.165, 1.54) is 0 Å². The fourth-order valence-electron chi connectivity index (χ4n) is 3.12. The van der Waals surface area contributed by atoms with Crippen molar-refractivity contribution in [1.29, 1.82) is 5.26 Å². The molecule has 1 aliphatic rings. The van der Waals surface area contributed by atoms with Gasteiger partial charge >= 0.3 is 0 Å². The van der Waals surface area contributed by atoms with Crippen molar-refractivity contribution in [2.24, 2.45) is 0 Å². The number of aromatic nitrogens is 2. The summed E-state index contributed by atoms with van der Waals surface area (Å²) < 4.78 is 6.83. The van der Waals surface area contributed by atoms with E-state index in [1.807, 2.05) is 17.6 Å². The summed E-state index contributed by atoms with van der Waals surface area (Å²) in [6.45, 7) is 3.79. The van der Waals surface area contributed by atoms with Crippen LogP contribution in [0.4, 0.5) is 0 Å². The molecule has 0 saturated carbocycles. The SMILES string of the molecule is COCCNC(=O)c1cn2c(n1)[C@H](C)N(C(=O)c1cccc(C#N)c1)CC2. The number of fused-ring (bicyclic) bond motifs is 1. The quantitative estimate of drug-likeness (QED) is 0.804. The van der Waals surface area contributed by atoms with Gasteiger partial charge in [-0.2, -0.15) is 5.26 Å². The molecule has 0 radical (unpaired) electrons. The van der Waals surface area contributed by atoms with Crippen molar-refractivity contribution >= 4 is 11.8 Å². The van der Waals surface area contributed by atoms with E-state index in [0.29, 0.717) is 48.9 Å². The summed E-state index contributed by atoms with van der Waals surface area (Å²) >= 11 is 0. The van der Waals surface area contributed by atoms with Crippen LogP contribution >= 0.6 is 0 Å². The van der Waals surface area contributed by atoms with Crippen LogP contribution in [0, 0.1) is 11.3 Å². The lowest BCUT2D eigenvalue weighted by atomic mass is 10.1. The highest BCUT2D eigenvalue weighted by molar-refractivity contribution is 5.95. The van der Waals surface area contributed by atoms with Gasteiger partial charge in [-0.3, -0.25) is 9.59 Å². The smallest absolute Gasteiger partial charge is 0.271 e. The zero-order valence-electron chi connectivity index (χ0n) is 15.3. The Morgan fingerprint density at radius 1 is 1.41 bits per heavy atom. The minimum absolute atomic E-state index is 0.153. The number of carbonyl (C=O) groups excluding carboxylic acids is 2. The molecule has 0 spiro atoms. The second-order valence-electron chi connectivity index (χ2n) is 6.29. The van der Waals surface area contributed by atoms with E-state index in [2.05, 4.69) is 10.3 Å². The van der Waals surface area contributed by atoms with Crippen LogP contribution in [0.5, 0.6) is 0 Å². The molecule has 1 atom stereocenters. The van der Waals surface area contributed by atoms with Crippen LogP contribution in [0.25, 0.3) is 0 Å². The maximum atomic E-state index is 12.9. The second-order valence-corrected chi connectivity index (χ2v) is 6.29. The van der Waals surface area contributed by atoms with Crippen molar-refractivity contribution in [3.63, 3.8) is 0 Å².